The number of benzene rings is 1. The second kappa shape index (κ2) is 3.21. The molecule has 72 valence electrons. The minimum absolute atomic E-state index is 0.322. The zero-order valence-corrected chi connectivity index (χ0v) is 7.47. The van der Waals surface area contributed by atoms with Crippen molar-refractivity contribution >= 4 is 5.78 Å². The van der Waals surface area contributed by atoms with Gasteiger partial charge in [-0.3, -0.25) is 14.9 Å². The van der Waals surface area contributed by atoms with Crippen LogP contribution in [0.25, 0.3) is 0 Å². The van der Waals surface area contributed by atoms with Gasteiger partial charge in [-0.15, -0.1) is 0 Å². The number of fused-ring (bicyclic) bond motifs is 1. The summed E-state index contributed by atoms with van der Waals surface area (Å²) in [5.41, 5.74) is 1.44. The largest absolute Gasteiger partial charge is 0.286 e. The van der Waals surface area contributed by atoms with Gasteiger partial charge in [-0.05, 0) is 12.0 Å². The molecule has 4 heteroatoms. The summed E-state index contributed by atoms with van der Waals surface area (Å²) in [4.78, 5) is 21.7. The van der Waals surface area contributed by atoms with Crippen LogP contribution >= 0.6 is 0 Å². The monoisotopic (exact) mass is 191 g/mol. The number of hydrogen-bond donors (Lipinski definition) is 0. The van der Waals surface area contributed by atoms with Crippen molar-refractivity contribution in [3.05, 3.63) is 45.5 Å². The molecule has 2 rings (SSSR count). The third kappa shape index (κ3) is 1.28. The van der Waals surface area contributed by atoms with E-state index in [1.54, 1.807) is 12.1 Å². The van der Waals surface area contributed by atoms with Crippen LogP contribution in [-0.2, 0) is 6.42 Å². The molecule has 0 aromatic heterocycles. The molecule has 0 amide bonds. The first-order chi connectivity index (χ1) is 6.70. The van der Waals surface area contributed by atoms with Gasteiger partial charge in [0.05, 0.1) is 0 Å². The second-order valence-electron chi connectivity index (χ2n) is 3.36. The van der Waals surface area contributed by atoms with Crippen molar-refractivity contribution in [2.45, 2.75) is 18.9 Å². The van der Waals surface area contributed by atoms with Crippen LogP contribution in [0.4, 0.5) is 0 Å². The average molecular weight is 191 g/mol. The number of nitro groups is 1. The van der Waals surface area contributed by atoms with Gasteiger partial charge in [0.25, 0.3) is 6.04 Å². The summed E-state index contributed by atoms with van der Waals surface area (Å²) in [5.74, 6) is -0.350. The molecule has 1 aromatic carbocycles. The highest BCUT2D eigenvalue weighted by atomic mass is 16.6. The van der Waals surface area contributed by atoms with Crippen LogP contribution in [0.1, 0.15) is 22.3 Å². The summed E-state index contributed by atoms with van der Waals surface area (Å²) in [7, 11) is 0. The molecule has 14 heavy (non-hydrogen) atoms. The summed E-state index contributed by atoms with van der Waals surface area (Å²) < 4.78 is 0. The Kier molecular flexibility index (Phi) is 2.04. The van der Waals surface area contributed by atoms with E-state index in [0.717, 1.165) is 5.56 Å². The maximum atomic E-state index is 11.6. The summed E-state index contributed by atoms with van der Waals surface area (Å²) >= 11 is 0. The lowest BCUT2D eigenvalue weighted by atomic mass is 9.87. The Morgan fingerprint density at radius 2 is 2.07 bits per heavy atom. The van der Waals surface area contributed by atoms with Gasteiger partial charge in [0.1, 0.15) is 0 Å². The van der Waals surface area contributed by atoms with Crippen molar-refractivity contribution in [1.29, 1.82) is 0 Å². The van der Waals surface area contributed by atoms with E-state index in [-0.39, 0.29) is 5.78 Å². The fourth-order valence-corrected chi connectivity index (χ4v) is 1.78. The molecular formula is C10H9NO3. The number of nitrogens with zero attached hydrogens (tertiary/aromatic N) is 1. The lowest BCUT2D eigenvalue weighted by Crippen LogP contribution is -2.34. The molecule has 0 N–H and O–H groups in total. The molecule has 1 aromatic rings. The van der Waals surface area contributed by atoms with Crippen LogP contribution in [0.3, 0.4) is 0 Å². The van der Waals surface area contributed by atoms with Gasteiger partial charge in [-0.2, -0.15) is 0 Å². The lowest BCUT2D eigenvalue weighted by Gasteiger charge is -2.16. The molecule has 0 heterocycles. The molecule has 0 radical (unpaired) electrons. The quantitative estimate of drug-likeness (QED) is 0.498. The topological polar surface area (TPSA) is 60.2 Å². The predicted molar refractivity (Wildman–Crippen MR) is 49.9 cm³/mol. The highest BCUT2D eigenvalue weighted by molar-refractivity contribution is 6.01. The Hall–Kier alpha value is -1.71. The highest BCUT2D eigenvalue weighted by Crippen LogP contribution is 2.22. The molecule has 0 saturated heterocycles. The number of aryl methyl sites for hydroxylation is 1. The number of carbonyl (C=O) groups is 1. The Balaban J connectivity index is 2.41. The summed E-state index contributed by atoms with van der Waals surface area (Å²) in [6.45, 7) is 0. The van der Waals surface area contributed by atoms with Gasteiger partial charge >= 0.3 is 0 Å². The first-order valence-corrected chi connectivity index (χ1v) is 4.46. The van der Waals surface area contributed by atoms with Gasteiger partial charge in [0.15, 0.2) is 0 Å². The smallest absolute Gasteiger partial charge is 0.275 e. The van der Waals surface area contributed by atoms with Crippen molar-refractivity contribution in [3.63, 3.8) is 0 Å². The maximum absolute atomic E-state index is 11.6. The van der Waals surface area contributed by atoms with E-state index in [0.29, 0.717) is 18.4 Å². The van der Waals surface area contributed by atoms with E-state index in [2.05, 4.69) is 0 Å². The van der Waals surface area contributed by atoms with E-state index in [4.69, 9.17) is 0 Å². The molecule has 0 fully saturated rings. The molecule has 0 unspecified atom stereocenters. The zero-order valence-electron chi connectivity index (χ0n) is 7.47. The van der Waals surface area contributed by atoms with E-state index in [1.807, 2.05) is 12.1 Å². The molecule has 0 saturated carbocycles. The standard InChI is InChI=1S/C10H9NO3/c12-10-8-4-2-1-3-7(8)5-6-9(10)11(13)14/h1-4,9H,5-6H2/t9-/m0/s1. The van der Waals surface area contributed by atoms with Gasteiger partial charge in [0, 0.05) is 16.9 Å². The number of hydrogen-bond acceptors (Lipinski definition) is 3. The fraction of sp³-hybridized carbons (Fsp3) is 0.300. The molecule has 0 bridgehead atoms. The predicted octanol–water partition coefficient (Wildman–Crippen LogP) is 1.46. The summed E-state index contributed by atoms with van der Waals surface area (Å²) in [6.07, 6.45) is 0.941. The van der Waals surface area contributed by atoms with Gasteiger partial charge < -0.3 is 0 Å². The Morgan fingerprint density at radius 1 is 1.36 bits per heavy atom. The van der Waals surface area contributed by atoms with E-state index in [9.17, 15) is 14.9 Å². The summed E-state index contributed by atoms with van der Waals surface area (Å²) in [6, 6.07) is 6.05. The lowest BCUT2D eigenvalue weighted by molar-refractivity contribution is -0.506. The average Bonchev–Trinajstić information content (AvgIpc) is 2.18. The first-order valence-electron chi connectivity index (χ1n) is 4.46. The zero-order chi connectivity index (χ0) is 10.1. The molecule has 0 aliphatic heterocycles. The number of carbonyl (C=O) groups excluding carboxylic acids is 1. The van der Waals surface area contributed by atoms with Crippen LogP contribution in [-0.4, -0.2) is 16.7 Å². The van der Waals surface area contributed by atoms with Crippen molar-refractivity contribution in [3.8, 4) is 0 Å². The number of ketones is 1. The number of rotatable bonds is 1. The molecule has 1 aliphatic carbocycles. The summed E-state index contributed by atoms with van der Waals surface area (Å²) in [5, 5.41) is 10.6. The van der Waals surface area contributed by atoms with Crippen molar-refractivity contribution in [1.82, 2.24) is 0 Å². The van der Waals surface area contributed by atoms with Crippen LogP contribution in [0.15, 0.2) is 24.3 Å². The van der Waals surface area contributed by atoms with Gasteiger partial charge in [-0.1, -0.05) is 24.3 Å². The van der Waals surface area contributed by atoms with E-state index < -0.39 is 11.0 Å². The minimum atomic E-state index is -1.04. The minimum Gasteiger partial charge on any atom is -0.286 e. The third-order valence-corrected chi connectivity index (χ3v) is 2.53. The molecule has 4 nitrogen and oxygen atoms in total. The van der Waals surface area contributed by atoms with Crippen LogP contribution in [0, 0.1) is 10.1 Å². The molecule has 1 aliphatic rings. The van der Waals surface area contributed by atoms with E-state index >= 15 is 0 Å². The second-order valence-corrected chi connectivity index (χ2v) is 3.36. The van der Waals surface area contributed by atoms with Gasteiger partial charge in [-0.25, -0.2) is 0 Å². The Labute approximate surface area is 80.7 Å². The third-order valence-electron chi connectivity index (χ3n) is 2.53. The van der Waals surface area contributed by atoms with Crippen LogP contribution in [0.2, 0.25) is 0 Å². The Bertz CT molecular complexity index is 400. The normalized spacial score (nSPS) is 20.3. The maximum Gasteiger partial charge on any atom is 0.275 e. The van der Waals surface area contributed by atoms with Gasteiger partial charge in [0.2, 0.25) is 5.78 Å². The Morgan fingerprint density at radius 3 is 2.79 bits per heavy atom. The van der Waals surface area contributed by atoms with Crippen molar-refractivity contribution in [2.75, 3.05) is 0 Å². The first kappa shape index (κ1) is 8.87. The SMILES string of the molecule is O=C1c2ccccc2CC[C@@H]1[N+](=O)[O-]. The molecule has 1 atom stereocenters. The fourth-order valence-electron chi connectivity index (χ4n) is 1.78. The highest BCUT2D eigenvalue weighted by Gasteiger charge is 2.35. The van der Waals surface area contributed by atoms with Crippen molar-refractivity contribution < 1.29 is 9.72 Å². The molecular weight excluding hydrogens is 182 g/mol. The van der Waals surface area contributed by atoms with E-state index in [1.165, 1.54) is 0 Å². The van der Waals surface area contributed by atoms with Crippen LogP contribution < -0.4 is 0 Å². The number of Topliss-reactive ketones (excluding diaryl/α,β-unsaturated/α-hetero) is 1. The molecule has 0 spiro atoms. The van der Waals surface area contributed by atoms with Crippen molar-refractivity contribution in [2.24, 2.45) is 0 Å². The van der Waals surface area contributed by atoms with Crippen LogP contribution in [0.5, 0.6) is 0 Å².